The third kappa shape index (κ3) is 4.56. The van der Waals surface area contributed by atoms with Crippen molar-refractivity contribution in [3.05, 3.63) is 33.1 Å². The van der Waals surface area contributed by atoms with Gasteiger partial charge >= 0.3 is 5.69 Å². The summed E-state index contributed by atoms with van der Waals surface area (Å²) in [4.78, 5) is 46.9. The molecule has 8 nitrogen and oxygen atoms in total. The zero-order valence-corrected chi connectivity index (χ0v) is 13.9. The molecule has 24 heavy (non-hydrogen) atoms. The monoisotopic (exact) mass is 336 g/mol. The van der Waals surface area contributed by atoms with E-state index in [1.165, 1.54) is 30.3 Å². The Hall–Kier alpha value is -2.38. The fourth-order valence-electron chi connectivity index (χ4n) is 3.23. The molecule has 2 amide bonds. The molecule has 0 bridgehead atoms. The molecule has 0 aliphatic heterocycles. The van der Waals surface area contributed by atoms with Crippen molar-refractivity contribution in [1.29, 1.82) is 0 Å². The lowest BCUT2D eigenvalue weighted by molar-refractivity contribution is -0.123. The van der Waals surface area contributed by atoms with E-state index < -0.39 is 17.2 Å². The van der Waals surface area contributed by atoms with Gasteiger partial charge < -0.3 is 11.1 Å². The van der Waals surface area contributed by atoms with E-state index in [2.05, 4.69) is 5.32 Å². The van der Waals surface area contributed by atoms with Gasteiger partial charge in [-0.2, -0.15) is 0 Å². The molecule has 1 fully saturated rings. The summed E-state index contributed by atoms with van der Waals surface area (Å²) in [6.07, 6.45) is 6.63. The zero-order chi connectivity index (χ0) is 17.7. The Morgan fingerprint density at radius 3 is 2.58 bits per heavy atom. The Labute approximate surface area is 139 Å². The predicted molar refractivity (Wildman–Crippen MR) is 88.3 cm³/mol. The van der Waals surface area contributed by atoms with Crippen LogP contribution >= 0.6 is 0 Å². The first-order valence-corrected chi connectivity index (χ1v) is 8.22. The lowest BCUT2D eigenvalue weighted by Crippen LogP contribution is -2.46. The van der Waals surface area contributed by atoms with Gasteiger partial charge in [0, 0.05) is 31.8 Å². The van der Waals surface area contributed by atoms with Crippen LogP contribution in [0.5, 0.6) is 0 Å². The summed E-state index contributed by atoms with van der Waals surface area (Å²) in [5.74, 6) is -0.593. The average molecular weight is 336 g/mol. The summed E-state index contributed by atoms with van der Waals surface area (Å²) >= 11 is 0. The van der Waals surface area contributed by atoms with Gasteiger partial charge in [0.15, 0.2) is 0 Å². The summed E-state index contributed by atoms with van der Waals surface area (Å²) < 4.78 is 2.11. The number of rotatable bonds is 6. The molecular formula is C16H24N4O4. The van der Waals surface area contributed by atoms with Crippen molar-refractivity contribution in [2.45, 2.75) is 51.1 Å². The normalized spacial score (nSPS) is 16.5. The molecule has 1 saturated carbocycles. The van der Waals surface area contributed by atoms with Crippen molar-refractivity contribution in [3.63, 3.8) is 0 Å². The van der Waals surface area contributed by atoms with Crippen LogP contribution in [0.25, 0.3) is 0 Å². The maximum atomic E-state index is 12.3. The maximum Gasteiger partial charge on any atom is 0.331 e. The fraction of sp³-hybridized carbons (Fsp3) is 0.625. The molecule has 2 rings (SSSR count). The number of hydrogen-bond donors (Lipinski definition) is 2. The molecule has 0 radical (unpaired) electrons. The van der Waals surface area contributed by atoms with Crippen LogP contribution in [0.15, 0.2) is 21.9 Å². The van der Waals surface area contributed by atoms with Gasteiger partial charge in [-0.1, -0.05) is 19.3 Å². The van der Waals surface area contributed by atoms with Crippen LogP contribution in [0.3, 0.4) is 0 Å². The van der Waals surface area contributed by atoms with Crippen LogP contribution in [0, 0.1) is 5.92 Å². The van der Waals surface area contributed by atoms with E-state index in [-0.39, 0.29) is 30.8 Å². The summed E-state index contributed by atoms with van der Waals surface area (Å²) in [6.45, 7) is -0.199. The van der Waals surface area contributed by atoms with Crippen molar-refractivity contribution in [1.82, 2.24) is 14.5 Å². The first-order valence-electron chi connectivity index (χ1n) is 8.22. The van der Waals surface area contributed by atoms with Gasteiger partial charge in [0.05, 0.1) is 0 Å². The molecule has 1 aliphatic rings. The molecule has 1 aromatic rings. The number of aromatic nitrogens is 2. The molecule has 0 spiro atoms. The number of carbonyl (C=O) groups excluding carboxylic acids is 2. The Morgan fingerprint density at radius 1 is 1.29 bits per heavy atom. The van der Waals surface area contributed by atoms with Crippen LogP contribution in [0.4, 0.5) is 0 Å². The third-order valence-electron chi connectivity index (χ3n) is 4.56. The minimum atomic E-state index is -0.554. The highest BCUT2D eigenvalue weighted by Crippen LogP contribution is 2.27. The van der Waals surface area contributed by atoms with Crippen molar-refractivity contribution < 1.29 is 9.59 Å². The molecule has 132 valence electrons. The van der Waals surface area contributed by atoms with Crippen LogP contribution in [-0.2, 0) is 23.2 Å². The molecule has 1 heterocycles. The molecule has 3 N–H and O–H groups in total. The molecule has 0 aromatic carbocycles. The van der Waals surface area contributed by atoms with Gasteiger partial charge in [-0.25, -0.2) is 4.79 Å². The molecule has 1 atom stereocenters. The Bertz CT molecular complexity index is 716. The van der Waals surface area contributed by atoms with Crippen molar-refractivity contribution in [3.8, 4) is 0 Å². The van der Waals surface area contributed by atoms with E-state index >= 15 is 0 Å². The van der Waals surface area contributed by atoms with E-state index in [1.807, 2.05) is 0 Å². The molecule has 0 saturated heterocycles. The number of carbonyl (C=O) groups is 2. The first-order chi connectivity index (χ1) is 11.4. The van der Waals surface area contributed by atoms with Gasteiger partial charge in [-0.15, -0.1) is 0 Å². The van der Waals surface area contributed by atoms with Crippen LogP contribution in [0.2, 0.25) is 0 Å². The van der Waals surface area contributed by atoms with Crippen LogP contribution < -0.4 is 22.3 Å². The SMILES string of the molecule is Cn1c(=O)ccn(CC(=O)NC(CC(N)=O)C2CCCCC2)c1=O. The Balaban J connectivity index is 2.07. The smallest absolute Gasteiger partial charge is 0.331 e. The third-order valence-corrected chi connectivity index (χ3v) is 4.56. The topological polar surface area (TPSA) is 116 Å². The summed E-state index contributed by atoms with van der Waals surface area (Å²) in [5.41, 5.74) is 4.33. The fourth-order valence-corrected chi connectivity index (χ4v) is 3.23. The summed E-state index contributed by atoms with van der Waals surface area (Å²) in [5, 5.41) is 2.84. The lowest BCUT2D eigenvalue weighted by atomic mass is 9.82. The highest BCUT2D eigenvalue weighted by molar-refractivity contribution is 5.78. The van der Waals surface area contributed by atoms with Crippen LogP contribution in [-0.4, -0.2) is 27.0 Å². The second kappa shape index (κ2) is 7.94. The highest BCUT2D eigenvalue weighted by atomic mass is 16.2. The zero-order valence-electron chi connectivity index (χ0n) is 13.9. The minimum Gasteiger partial charge on any atom is -0.370 e. The maximum absolute atomic E-state index is 12.3. The van der Waals surface area contributed by atoms with E-state index in [9.17, 15) is 19.2 Å². The van der Waals surface area contributed by atoms with Gasteiger partial charge in [-0.3, -0.25) is 23.5 Å². The van der Waals surface area contributed by atoms with E-state index in [4.69, 9.17) is 5.73 Å². The number of nitrogens with one attached hydrogen (secondary N) is 1. The Kier molecular flexibility index (Phi) is 5.94. The quantitative estimate of drug-likeness (QED) is 0.727. The number of hydrogen-bond acceptors (Lipinski definition) is 4. The number of amides is 2. The van der Waals surface area contributed by atoms with Crippen molar-refractivity contribution >= 4 is 11.8 Å². The average Bonchev–Trinajstić information content (AvgIpc) is 2.55. The molecular weight excluding hydrogens is 312 g/mol. The van der Waals surface area contributed by atoms with Crippen molar-refractivity contribution in [2.75, 3.05) is 0 Å². The predicted octanol–water partition coefficient (Wildman–Crippen LogP) is -0.512. The first kappa shape index (κ1) is 18.0. The van der Waals surface area contributed by atoms with E-state index in [0.717, 1.165) is 30.3 Å². The molecule has 8 heteroatoms. The van der Waals surface area contributed by atoms with Crippen LogP contribution in [0.1, 0.15) is 38.5 Å². The minimum absolute atomic E-state index is 0.0958. The summed E-state index contributed by atoms with van der Waals surface area (Å²) in [7, 11) is 1.36. The van der Waals surface area contributed by atoms with E-state index in [0.29, 0.717) is 0 Å². The lowest BCUT2D eigenvalue weighted by Gasteiger charge is -2.30. The standard InChI is InChI=1S/C16H24N4O4/c1-19-15(23)7-8-20(16(19)24)10-14(22)18-12(9-13(17)21)11-5-3-2-4-6-11/h7-8,11-12H,2-6,9-10H2,1H3,(H2,17,21)(H,18,22). The van der Waals surface area contributed by atoms with E-state index in [1.54, 1.807) is 0 Å². The number of nitrogens with two attached hydrogens (primary N) is 1. The number of nitrogens with zero attached hydrogens (tertiary/aromatic N) is 2. The molecule has 1 unspecified atom stereocenters. The second-order valence-corrected chi connectivity index (χ2v) is 6.37. The molecule has 1 aliphatic carbocycles. The molecule has 1 aromatic heterocycles. The van der Waals surface area contributed by atoms with Crippen molar-refractivity contribution in [2.24, 2.45) is 18.7 Å². The summed E-state index contributed by atoms with van der Waals surface area (Å²) in [6, 6.07) is 0.926. The Morgan fingerprint density at radius 2 is 1.96 bits per heavy atom. The van der Waals surface area contributed by atoms with Gasteiger partial charge in [-0.05, 0) is 18.8 Å². The largest absolute Gasteiger partial charge is 0.370 e. The number of primary amides is 1. The van der Waals surface area contributed by atoms with Gasteiger partial charge in [0.2, 0.25) is 11.8 Å². The second-order valence-electron chi connectivity index (χ2n) is 6.37. The highest BCUT2D eigenvalue weighted by Gasteiger charge is 2.26. The van der Waals surface area contributed by atoms with Gasteiger partial charge in [0.25, 0.3) is 5.56 Å². The van der Waals surface area contributed by atoms with Gasteiger partial charge in [0.1, 0.15) is 6.54 Å².